The Hall–Kier alpha value is -3.93. The second kappa shape index (κ2) is 29.2. The minimum Gasteiger partial charge on any atom is -0.463 e. The van der Waals surface area contributed by atoms with Gasteiger partial charge in [0.05, 0.1) is 42.4 Å². The average Bonchev–Trinajstić information content (AvgIpc) is 3.36. The number of methoxy groups -OCH3 is 3. The Morgan fingerprint density at radius 2 is 1.61 bits per heavy atom. The number of ether oxygens (including phenoxy) is 11. The highest BCUT2D eigenvalue weighted by Crippen LogP contribution is 2.40. The molecule has 20 heteroatoms. The predicted molar refractivity (Wildman–Crippen MR) is 275 cm³/mol. The first-order valence-corrected chi connectivity index (χ1v) is 26.7. The van der Waals surface area contributed by atoms with E-state index in [2.05, 4.69) is 16.0 Å². The number of benzene rings is 1. The van der Waals surface area contributed by atoms with Gasteiger partial charge in [-0.3, -0.25) is 24.2 Å². The van der Waals surface area contributed by atoms with Crippen LogP contribution in [0.5, 0.6) is 0 Å². The quantitative estimate of drug-likeness (QED) is 0.106. The molecule has 3 fully saturated rings. The molecule has 75 heavy (non-hydrogen) atoms. The van der Waals surface area contributed by atoms with Gasteiger partial charge in [-0.05, 0) is 104 Å². The first-order valence-electron chi connectivity index (χ1n) is 26.7. The van der Waals surface area contributed by atoms with Gasteiger partial charge in [-0.25, -0.2) is 0 Å². The van der Waals surface area contributed by atoms with Crippen LogP contribution >= 0.6 is 0 Å². The molecular weight excluding hydrogens is 975 g/mol. The number of hydrogen-bond donors (Lipinski definition) is 2. The lowest BCUT2D eigenvalue weighted by atomic mass is 9.82. The number of aryl methyl sites for hydroxylation is 1. The molecule has 3 aliphatic heterocycles. The Bertz CT molecular complexity index is 2110. The molecule has 0 bridgehead atoms. The number of fused-ring (bicyclic) bond motifs is 1. The number of rotatable bonds is 19. The number of carbonyl (C=O) groups excluding carboxylic acids is 4. The molecule has 0 spiro atoms. The van der Waals surface area contributed by atoms with Crippen LogP contribution in [0.4, 0.5) is 0 Å². The maximum Gasteiger partial charge on any atom is 0.309 e. The maximum atomic E-state index is 14.0. The summed E-state index contributed by atoms with van der Waals surface area (Å²) >= 11 is 0. The lowest BCUT2D eigenvalue weighted by molar-refractivity contribution is -0.345. The van der Waals surface area contributed by atoms with Crippen molar-refractivity contribution in [2.45, 2.75) is 205 Å². The van der Waals surface area contributed by atoms with Gasteiger partial charge < -0.3 is 72.1 Å². The fourth-order valence-corrected chi connectivity index (χ4v) is 10.9. The molecule has 0 saturated carbocycles. The minimum absolute atomic E-state index is 0.00113. The Kier molecular flexibility index (Phi) is 24.1. The third kappa shape index (κ3) is 17.0. The second-order valence-electron chi connectivity index (χ2n) is 20.9. The Balaban J connectivity index is 1.48. The van der Waals surface area contributed by atoms with Crippen molar-refractivity contribution in [1.29, 1.82) is 0 Å². The molecule has 3 saturated heterocycles. The molecule has 2 N–H and O–H groups in total. The smallest absolute Gasteiger partial charge is 0.309 e. The number of β-amino-alcohol motifs (C(OH)–C–C–N with tert-alkyl or cyclic N) is 1. The molecule has 0 amide bonds. The molecule has 10 unspecified atom stereocenters. The van der Waals surface area contributed by atoms with Crippen molar-refractivity contribution in [3.8, 4) is 0 Å². The summed E-state index contributed by atoms with van der Waals surface area (Å²) in [6, 6.07) is 9.29. The number of carbonyl (C=O) groups is 4. The summed E-state index contributed by atoms with van der Waals surface area (Å²) < 4.78 is 68.1. The molecule has 4 heterocycles. The van der Waals surface area contributed by atoms with Crippen LogP contribution in [-0.2, 0) is 77.7 Å². The van der Waals surface area contributed by atoms with Crippen molar-refractivity contribution in [3.63, 3.8) is 0 Å². The molecule has 1 aromatic carbocycles. The first kappa shape index (κ1) is 61.9. The van der Waals surface area contributed by atoms with Gasteiger partial charge in [0.1, 0.15) is 30.5 Å². The van der Waals surface area contributed by atoms with Crippen molar-refractivity contribution in [2.75, 3.05) is 55.1 Å². The standard InChI is InChI=1S/C55H87N3O17/c1-14-43(61)71-42-29-45(63)68-33(4)23-26-58(25-18-19-37-22-24-56-40-21-17-16-20-39(37)40)31-41(60)32(3)27-38(28-46(65-11)66-12)51(52(42)67-13)74-54-49(64)48(57(9)10)50(34(5)70-54)73-47-30-55(8,75-36(7)59)53(35(6)69-47)72-44(62)15-2/h16-17,20-22,24,32-35,38,41-42,46-54,60,64H,14-15,18-19,23,25-31H2,1-13H3/t32-,33-,34?,35?,38-,41+,42-,47?,48?,49?,50?,51+,52?,53?,54?,55?/m1/s1. The lowest BCUT2D eigenvalue weighted by Gasteiger charge is -2.51. The Morgan fingerprint density at radius 1 is 0.920 bits per heavy atom. The number of hydrogen-bond acceptors (Lipinski definition) is 20. The predicted octanol–water partition coefficient (Wildman–Crippen LogP) is 5.13. The zero-order chi connectivity index (χ0) is 55.1. The van der Waals surface area contributed by atoms with Gasteiger partial charge in [0.25, 0.3) is 0 Å². The van der Waals surface area contributed by atoms with Gasteiger partial charge in [-0.2, -0.15) is 0 Å². The SMILES string of the molecule is CCC(=O)OC1C(C)OC(OC2C(C)OC(O[C@@H]3C(OC)[C@H](OC(=O)CC)CC(=O)O[C@H](C)CCN(CCCc4ccnc5ccccc45)C[C@H](O)[C@H](C)C[C@@H]3CC(OC)OC)C(O)C2N(C)C)CC1(C)OC(C)=O. The van der Waals surface area contributed by atoms with Crippen LogP contribution in [0.15, 0.2) is 36.5 Å². The van der Waals surface area contributed by atoms with E-state index in [1.165, 1.54) is 33.8 Å². The molecule has 3 aliphatic rings. The summed E-state index contributed by atoms with van der Waals surface area (Å²) in [5, 5.41) is 25.8. The van der Waals surface area contributed by atoms with E-state index < -0.39 is 121 Å². The van der Waals surface area contributed by atoms with E-state index in [0.29, 0.717) is 32.5 Å². The molecule has 0 aliphatic carbocycles. The van der Waals surface area contributed by atoms with Crippen molar-refractivity contribution >= 4 is 34.8 Å². The van der Waals surface area contributed by atoms with Crippen molar-refractivity contribution in [3.05, 3.63) is 42.1 Å². The number of cyclic esters (lactones) is 1. The number of likely N-dealkylation sites (N-methyl/N-ethyl adjacent to an activating group) is 1. The third-order valence-electron chi connectivity index (χ3n) is 14.9. The number of nitrogens with zero attached hydrogens (tertiary/aromatic N) is 3. The molecule has 5 rings (SSSR count). The molecule has 16 atom stereocenters. The maximum absolute atomic E-state index is 14.0. The van der Waals surface area contributed by atoms with Gasteiger partial charge >= 0.3 is 23.9 Å². The van der Waals surface area contributed by atoms with Crippen molar-refractivity contribution in [2.24, 2.45) is 11.8 Å². The molecule has 20 nitrogen and oxygen atoms in total. The molecular formula is C55H87N3O17. The average molecular weight is 1060 g/mol. The lowest BCUT2D eigenvalue weighted by Crippen LogP contribution is -2.66. The number of pyridine rings is 1. The van der Waals surface area contributed by atoms with Crippen LogP contribution in [0.3, 0.4) is 0 Å². The van der Waals surface area contributed by atoms with Crippen LogP contribution in [0.2, 0.25) is 0 Å². The Labute approximate surface area is 443 Å². The topological polar surface area (TPSA) is 230 Å². The summed E-state index contributed by atoms with van der Waals surface area (Å²) in [6.45, 7) is 15.0. The van der Waals surface area contributed by atoms with Crippen LogP contribution in [-0.4, -0.2) is 195 Å². The molecule has 424 valence electrons. The third-order valence-corrected chi connectivity index (χ3v) is 14.9. The number of aliphatic hydroxyl groups excluding tert-OH is 2. The number of para-hydroxylation sites is 1. The zero-order valence-corrected chi connectivity index (χ0v) is 46.5. The van der Waals surface area contributed by atoms with E-state index >= 15 is 0 Å². The highest BCUT2D eigenvalue weighted by atomic mass is 16.7. The van der Waals surface area contributed by atoms with E-state index in [0.717, 1.165) is 23.7 Å². The highest BCUT2D eigenvalue weighted by Gasteiger charge is 2.55. The van der Waals surface area contributed by atoms with Gasteiger partial charge in [0, 0.05) is 78.6 Å². The van der Waals surface area contributed by atoms with Gasteiger partial charge in [-0.15, -0.1) is 0 Å². The summed E-state index contributed by atoms with van der Waals surface area (Å²) in [5.41, 5.74) is 0.792. The molecule has 0 radical (unpaired) electrons. The van der Waals surface area contributed by atoms with E-state index in [-0.39, 0.29) is 38.0 Å². The van der Waals surface area contributed by atoms with Gasteiger partial charge in [0.2, 0.25) is 0 Å². The van der Waals surface area contributed by atoms with Crippen molar-refractivity contribution < 1.29 is 81.5 Å². The Morgan fingerprint density at radius 3 is 2.27 bits per heavy atom. The number of aliphatic hydroxyl groups is 2. The number of esters is 4. The van der Waals surface area contributed by atoms with E-state index in [1.807, 2.05) is 44.3 Å². The van der Waals surface area contributed by atoms with Crippen molar-refractivity contribution in [1.82, 2.24) is 14.8 Å². The fraction of sp³-hybridized carbons (Fsp3) is 0.764. The van der Waals surface area contributed by atoms with E-state index in [9.17, 15) is 29.4 Å². The van der Waals surface area contributed by atoms with Crippen LogP contribution < -0.4 is 0 Å². The highest BCUT2D eigenvalue weighted by molar-refractivity contribution is 5.81. The van der Waals surface area contributed by atoms with Crippen LogP contribution in [0.1, 0.15) is 112 Å². The summed E-state index contributed by atoms with van der Waals surface area (Å²) in [6.07, 6.45) is -8.71. The van der Waals surface area contributed by atoms with E-state index in [1.54, 1.807) is 53.6 Å². The van der Waals surface area contributed by atoms with E-state index in [4.69, 9.17) is 52.1 Å². The second-order valence-corrected chi connectivity index (χ2v) is 20.9. The van der Waals surface area contributed by atoms with Gasteiger partial charge in [0.15, 0.2) is 30.6 Å². The minimum atomic E-state index is -1.42. The van der Waals surface area contributed by atoms with Crippen LogP contribution in [0, 0.1) is 11.8 Å². The first-order chi connectivity index (χ1) is 35.6. The molecule has 2 aromatic rings. The number of aromatic nitrogens is 1. The van der Waals surface area contributed by atoms with Crippen LogP contribution in [0.25, 0.3) is 10.9 Å². The summed E-state index contributed by atoms with van der Waals surface area (Å²) in [7, 11) is 8.01. The monoisotopic (exact) mass is 1060 g/mol. The largest absolute Gasteiger partial charge is 0.463 e. The summed E-state index contributed by atoms with van der Waals surface area (Å²) in [4.78, 5) is 60.7. The molecule has 1 aromatic heterocycles. The normalized spacial score (nSPS) is 33.8. The fourth-order valence-electron chi connectivity index (χ4n) is 10.9. The van der Waals surface area contributed by atoms with Gasteiger partial charge in [-0.1, -0.05) is 39.0 Å². The zero-order valence-electron chi connectivity index (χ0n) is 46.5. The summed E-state index contributed by atoms with van der Waals surface area (Å²) in [5.74, 6) is -3.26.